The topological polar surface area (TPSA) is 91.2 Å². The van der Waals surface area contributed by atoms with Crippen molar-refractivity contribution in [3.63, 3.8) is 0 Å². The smallest absolute Gasteiger partial charge is 0.231 e. The van der Waals surface area contributed by atoms with E-state index in [4.69, 9.17) is 11.6 Å². The number of nitrogens with one attached hydrogen (secondary N) is 2. The van der Waals surface area contributed by atoms with Crippen LogP contribution in [0, 0.1) is 11.7 Å². The molecule has 1 aromatic carbocycles. The normalized spacial score (nSPS) is 18.0. The predicted octanol–water partition coefficient (Wildman–Crippen LogP) is 4.21. The molecule has 0 spiro atoms. The predicted molar refractivity (Wildman–Crippen MR) is 118 cm³/mol. The Labute approximate surface area is 186 Å². The summed E-state index contributed by atoms with van der Waals surface area (Å²) >= 11 is 6.50. The lowest BCUT2D eigenvalue weighted by Crippen LogP contribution is -2.27. The molecule has 0 unspecified atom stereocenters. The number of aromatic nitrogens is 5. The number of carbonyl (C=O) groups excluding carboxylic acids is 1. The van der Waals surface area contributed by atoms with Crippen LogP contribution in [-0.4, -0.2) is 49.7 Å². The zero-order valence-corrected chi connectivity index (χ0v) is 18.3. The van der Waals surface area contributed by atoms with E-state index < -0.39 is 23.8 Å². The first-order valence-electron chi connectivity index (χ1n) is 10.1. The molecule has 1 amide bonds. The van der Waals surface area contributed by atoms with Crippen molar-refractivity contribution in [2.75, 3.05) is 17.3 Å². The average molecular weight is 460 g/mol. The molecule has 32 heavy (non-hydrogen) atoms. The molecule has 11 heteroatoms. The van der Waals surface area contributed by atoms with Crippen LogP contribution in [0.25, 0.3) is 27.8 Å². The fraction of sp³-hybridized carbons (Fsp3) is 0.333. The zero-order chi connectivity index (χ0) is 22.7. The highest BCUT2D eigenvalue weighted by molar-refractivity contribution is 6.35. The summed E-state index contributed by atoms with van der Waals surface area (Å²) in [7, 11) is 1.79. The maximum Gasteiger partial charge on any atom is 0.231 e. The van der Waals surface area contributed by atoms with E-state index >= 15 is 4.39 Å². The quantitative estimate of drug-likeness (QED) is 0.466. The summed E-state index contributed by atoms with van der Waals surface area (Å²) in [5.41, 5.74) is 2.12. The Bertz CT molecular complexity index is 1370. The standard InChI is InChI=1S/C21H20ClF2N7O/c1-9(2)30(3)20-18(24)17(22)16(11-5-26-29-19(11)20)13-7-31-8-14(27-15(31)6-25-13)28-21(32)10-4-12(10)23/h5-10,12H,4H2,1-3H3,(H,26,29)(H,28,32)/t10-,12+/m1/s1. The van der Waals surface area contributed by atoms with Gasteiger partial charge in [-0.2, -0.15) is 5.10 Å². The van der Waals surface area contributed by atoms with Crippen LogP contribution < -0.4 is 10.2 Å². The highest BCUT2D eigenvalue weighted by atomic mass is 35.5. The number of fused-ring (bicyclic) bond motifs is 2. The van der Waals surface area contributed by atoms with Crippen molar-refractivity contribution in [3.05, 3.63) is 35.6 Å². The number of hydrogen-bond acceptors (Lipinski definition) is 5. The monoisotopic (exact) mass is 459 g/mol. The molecule has 3 heterocycles. The van der Waals surface area contributed by atoms with Gasteiger partial charge in [0.2, 0.25) is 5.91 Å². The molecule has 8 nitrogen and oxygen atoms in total. The number of aromatic amines is 1. The van der Waals surface area contributed by atoms with E-state index in [0.717, 1.165) is 0 Å². The van der Waals surface area contributed by atoms with Crippen LogP contribution in [0.5, 0.6) is 0 Å². The third-order valence-corrected chi connectivity index (χ3v) is 6.15. The Morgan fingerprint density at radius 3 is 2.81 bits per heavy atom. The van der Waals surface area contributed by atoms with Gasteiger partial charge < -0.3 is 14.6 Å². The van der Waals surface area contributed by atoms with Gasteiger partial charge in [-0.05, 0) is 20.3 Å². The first kappa shape index (κ1) is 20.6. The summed E-state index contributed by atoms with van der Waals surface area (Å²) in [5, 5.41) is 10.1. The average Bonchev–Trinajstić information content (AvgIpc) is 3.11. The number of anilines is 2. The van der Waals surface area contributed by atoms with Crippen molar-refractivity contribution in [2.45, 2.75) is 32.5 Å². The minimum atomic E-state index is -1.09. The molecule has 1 aliphatic rings. The third-order valence-electron chi connectivity index (χ3n) is 5.79. The molecule has 1 aliphatic carbocycles. The van der Waals surface area contributed by atoms with Gasteiger partial charge >= 0.3 is 0 Å². The maximum absolute atomic E-state index is 15.4. The summed E-state index contributed by atoms with van der Waals surface area (Å²) in [4.78, 5) is 22.5. The number of benzene rings is 1. The second kappa shape index (κ2) is 7.40. The van der Waals surface area contributed by atoms with Gasteiger partial charge in [0.05, 0.1) is 40.7 Å². The minimum absolute atomic E-state index is 0.0373. The van der Waals surface area contributed by atoms with Crippen molar-refractivity contribution >= 4 is 45.6 Å². The molecule has 0 bridgehead atoms. The van der Waals surface area contributed by atoms with Crippen LogP contribution in [-0.2, 0) is 4.79 Å². The largest absolute Gasteiger partial charge is 0.368 e. The molecule has 5 rings (SSSR count). The fourth-order valence-electron chi connectivity index (χ4n) is 3.68. The fourth-order valence-corrected chi connectivity index (χ4v) is 3.97. The number of carbonyl (C=O) groups is 1. The van der Waals surface area contributed by atoms with E-state index in [0.29, 0.717) is 33.5 Å². The van der Waals surface area contributed by atoms with Crippen molar-refractivity contribution in [1.82, 2.24) is 24.6 Å². The summed E-state index contributed by atoms with van der Waals surface area (Å²) in [6, 6.07) is 0.0373. The zero-order valence-electron chi connectivity index (χ0n) is 17.5. The lowest BCUT2D eigenvalue weighted by atomic mass is 10.0. The van der Waals surface area contributed by atoms with Gasteiger partial charge in [-0.1, -0.05) is 11.6 Å². The number of amides is 1. The van der Waals surface area contributed by atoms with Gasteiger partial charge in [0, 0.05) is 30.2 Å². The number of alkyl halides is 1. The number of nitrogens with zero attached hydrogens (tertiary/aromatic N) is 5. The molecule has 0 radical (unpaired) electrons. The Balaban J connectivity index is 1.58. The minimum Gasteiger partial charge on any atom is -0.368 e. The Morgan fingerprint density at radius 2 is 2.12 bits per heavy atom. The van der Waals surface area contributed by atoms with E-state index in [1.54, 1.807) is 34.9 Å². The SMILES string of the molecule is CC(C)N(C)c1c(F)c(Cl)c(-c2cn3cc(NC(=O)[C@@H]4C[C@@H]4F)nc3cn2)c2cn[nH]c12. The van der Waals surface area contributed by atoms with Crippen molar-refractivity contribution < 1.29 is 13.6 Å². The molecule has 3 aromatic heterocycles. The Kier molecular flexibility index (Phi) is 4.77. The third kappa shape index (κ3) is 3.26. The van der Waals surface area contributed by atoms with E-state index in [-0.39, 0.29) is 23.3 Å². The van der Waals surface area contributed by atoms with Crippen LogP contribution in [0.15, 0.2) is 24.8 Å². The van der Waals surface area contributed by atoms with Gasteiger partial charge in [-0.15, -0.1) is 0 Å². The molecule has 2 N–H and O–H groups in total. The molecule has 0 aliphatic heterocycles. The van der Waals surface area contributed by atoms with E-state index in [1.165, 1.54) is 6.20 Å². The summed E-state index contributed by atoms with van der Waals surface area (Å²) in [6.07, 6.45) is 5.46. The molecule has 166 valence electrons. The second-order valence-electron chi connectivity index (χ2n) is 8.23. The lowest BCUT2D eigenvalue weighted by Gasteiger charge is -2.26. The number of halogens is 3. The lowest BCUT2D eigenvalue weighted by molar-refractivity contribution is -0.117. The van der Waals surface area contributed by atoms with Crippen LogP contribution >= 0.6 is 11.6 Å². The van der Waals surface area contributed by atoms with Gasteiger partial charge in [-0.25, -0.2) is 13.8 Å². The van der Waals surface area contributed by atoms with Gasteiger partial charge in [0.15, 0.2) is 17.3 Å². The van der Waals surface area contributed by atoms with E-state index in [9.17, 15) is 9.18 Å². The van der Waals surface area contributed by atoms with Crippen molar-refractivity contribution in [2.24, 2.45) is 5.92 Å². The van der Waals surface area contributed by atoms with Crippen LogP contribution in [0.4, 0.5) is 20.3 Å². The Morgan fingerprint density at radius 1 is 1.38 bits per heavy atom. The van der Waals surface area contributed by atoms with Crippen LogP contribution in [0.2, 0.25) is 5.02 Å². The summed E-state index contributed by atoms with van der Waals surface area (Å²) in [5.74, 6) is -1.30. The number of hydrogen-bond donors (Lipinski definition) is 2. The highest BCUT2D eigenvalue weighted by Crippen LogP contribution is 2.42. The van der Waals surface area contributed by atoms with Gasteiger partial charge in [0.25, 0.3) is 0 Å². The number of imidazole rings is 1. The summed E-state index contributed by atoms with van der Waals surface area (Å²) in [6.45, 7) is 3.90. The molecule has 1 fully saturated rings. The molecule has 4 aromatic rings. The van der Waals surface area contributed by atoms with Crippen LogP contribution in [0.3, 0.4) is 0 Å². The van der Waals surface area contributed by atoms with Crippen LogP contribution in [0.1, 0.15) is 20.3 Å². The first-order valence-corrected chi connectivity index (χ1v) is 10.5. The van der Waals surface area contributed by atoms with Gasteiger partial charge in [0.1, 0.15) is 11.9 Å². The summed E-state index contributed by atoms with van der Waals surface area (Å²) < 4.78 is 30.2. The van der Waals surface area contributed by atoms with Gasteiger partial charge in [-0.3, -0.25) is 14.9 Å². The first-order chi connectivity index (χ1) is 15.3. The molecule has 1 saturated carbocycles. The number of H-pyrrole nitrogens is 1. The maximum atomic E-state index is 15.4. The second-order valence-corrected chi connectivity index (χ2v) is 8.60. The van der Waals surface area contributed by atoms with E-state index in [2.05, 4.69) is 25.5 Å². The van der Waals surface area contributed by atoms with Crippen molar-refractivity contribution in [3.8, 4) is 11.3 Å². The molecular formula is C21H20ClF2N7O. The number of rotatable bonds is 5. The highest BCUT2D eigenvalue weighted by Gasteiger charge is 2.43. The van der Waals surface area contributed by atoms with E-state index in [1.807, 2.05) is 13.8 Å². The van der Waals surface area contributed by atoms with Crippen molar-refractivity contribution in [1.29, 1.82) is 0 Å². The molecular weight excluding hydrogens is 440 g/mol. The Hall–Kier alpha value is -3.27. The molecule has 2 atom stereocenters. The molecule has 0 saturated heterocycles.